The minimum atomic E-state index is -0.806. The lowest BCUT2D eigenvalue weighted by Gasteiger charge is -2.75. The largest absolute Gasteiger partial charge is 0.485 e. The molecule has 6 heteroatoms. The molecule has 2 heterocycles. The van der Waals surface area contributed by atoms with Gasteiger partial charge in [-0.15, -0.1) is 0 Å². The van der Waals surface area contributed by atoms with Gasteiger partial charge >= 0.3 is 0 Å². The molecule has 5 fully saturated rings. The van der Waals surface area contributed by atoms with Gasteiger partial charge in [-0.2, -0.15) is 0 Å². The maximum atomic E-state index is 12.4. The van der Waals surface area contributed by atoms with Crippen molar-refractivity contribution in [1.82, 2.24) is 4.90 Å². The number of hydrogen-bond donors (Lipinski definition) is 3. The van der Waals surface area contributed by atoms with Crippen LogP contribution in [0, 0.1) is 28.1 Å². The maximum Gasteiger partial charge on any atom is 0.165 e. The summed E-state index contributed by atoms with van der Waals surface area (Å²) in [6.45, 7) is 14.0. The van der Waals surface area contributed by atoms with Crippen LogP contribution < -0.4 is 14.8 Å². The zero-order valence-electron chi connectivity index (χ0n) is 26.7. The first-order valence-electron chi connectivity index (χ1n) is 16.8. The van der Waals surface area contributed by atoms with Gasteiger partial charge in [-0.3, -0.25) is 4.90 Å². The van der Waals surface area contributed by atoms with Gasteiger partial charge in [0.2, 0.25) is 0 Å². The van der Waals surface area contributed by atoms with Crippen molar-refractivity contribution in [3.8, 4) is 11.5 Å². The minimum Gasteiger partial charge on any atom is -0.485 e. The van der Waals surface area contributed by atoms with Crippen LogP contribution in [0.5, 0.6) is 11.5 Å². The van der Waals surface area contributed by atoms with Crippen LogP contribution in [0.1, 0.15) is 89.8 Å². The highest BCUT2D eigenvalue weighted by molar-refractivity contribution is 5.63. The Morgan fingerprint density at radius 2 is 1.81 bits per heavy atom. The Bertz CT molecular complexity index is 1430. The second kappa shape index (κ2) is 9.14. The number of rotatable bonds is 8. The molecule has 5 aliphatic carbocycles. The molecule has 7 aliphatic rings. The average molecular weight is 587 g/mol. The third-order valence-electron chi connectivity index (χ3n) is 13.6. The Hall–Kier alpha value is -2.28. The molecule has 2 aromatic carbocycles. The molecule has 4 saturated carbocycles. The van der Waals surface area contributed by atoms with Gasteiger partial charge in [0.25, 0.3) is 0 Å². The van der Waals surface area contributed by atoms with Crippen molar-refractivity contribution in [3.63, 3.8) is 0 Å². The molecule has 1 saturated heterocycles. The number of nitrogens with one attached hydrogen (secondary N) is 1. The molecule has 0 radical (unpaired) electrons. The van der Waals surface area contributed by atoms with E-state index in [1.54, 1.807) is 0 Å². The molecule has 6 nitrogen and oxygen atoms in total. The normalized spacial score (nSPS) is 37.0. The molecule has 0 aromatic heterocycles. The number of fused-ring (bicyclic) bond motifs is 2. The lowest BCUT2D eigenvalue weighted by Crippen LogP contribution is -2.80. The zero-order chi connectivity index (χ0) is 30.0. The standard InChI is InChI=1S/C37H50N2O4/c1-33(2,3)35(5,41)28-19-36-15-14-34(28,4)32-37(36)16-17-39(20-23-6-7-23)29(36)18-25-10-13-27(31(43-32)30(25)37)42-22-38-26-11-8-24(21-40)9-12-26/h8-13,23,28-29,32,38,40-41H,6-7,14-22H2,1-5H3. The van der Waals surface area contributed by atoms with E-state index in [0.29, 0.717) is 12.8 Å². The quantitative estimate of drug-likeness (QED) is 0.317. The van der Waals surface area contributed by atoms with Crippen LogP contribution in [0.2, 0.25) is 0 Å². The predicted molar refractivity (Wildman–Crippen MR) is 168 cm³/mol. The Kier molecular flexibility index (Phi) is 6.00. The molecule has 4 bridgehead atoms. The lowest BCUT2D eigenvalue weighted by molar-refractivity contribution is -0.276. The van der Waals surface area contributed by atoms with Crippen molar-refractivity contribution in [2.75, 3.05) is 25.1 Å². The van der Waals surface area contributed by atoms with E-state index < -0.39 is 5.60 Å². The summed E-state index contributed by atoms with van der Waals surface area (Å²) in [4.78, 5) is 2.88. The lowest BCUT2D eigenvalue weighted by atomic mass is 9.31. The Labute approximate surface area is 257 Å². The summed E-state index contributed by atoms with van der Waals surface area (Å²) in [5, 5.41) is 25.2. The first kappa shape index (κ1) is 28.2. The van der Waals surface area contributed by atoms with Gasteiger partial charge in [-0.05, 0) is 105 Å². The van der Waals surface area contributed by atoms with Crippen molar-refractivity contribution in [1.29, 1.82) is 0 Å². The molecule has 7 unspecified atom stereocenters. The second-order valence-electron chi connectivity index (χ2n) is 16.4. The minimum absolute atomic E-state index is 0.0228. The van der Waals surface area contributed by atoms with E-state index >= 15 is 0 Å². The van der Waals surface area contributed by atoms with Gasteiger partial charge in [0.1, 0.15) is 6.10 Å². The number of hydrogen-bond acceptors (Lipinski definition) is 6. The van der Waals surface area contributed by atoms with Crippen molar-refractivity contribution in [2.24, 2.45) is 28.1 Å². The van der Waals surface area contributed by atoms with Crippen LogP contribution >= 0.6 is 0 Å². The summed E-state index contributed by atoms with van der Waals surface area (Å²) in [6, 6.07) is 12.8. The first-order chi connectivity index (χ1) is 20.4. The van der Waals surface area contributed by atoms with Crippen molar-refractivity contribution < 1.29 is 19.7 Å². The second-order valence-corrected chi connectivity index (χ2v) is 16.4. The summed E-state index contributed by atoms with van der Waals surface area (Å²) in [7, 11) is 0. The molecule has 0 amide bonds. The number of aliphatic hydroxyl groups is 2. The summed E-state index contributed by atoms with van der Waals surface area (Å²) in [5.74, 6) is 2.84. The summed E-state index contributed by atoms with van der Waals surface area (Å²) >= 11 is 0. The Balaban J connectivity index is 1.20. The highest BCUT2D eigenvalue weighted by atomic mass is 16.5. The average Bonchev–Trinajstić information content (AvgIpc) is 3.72. The number of likely N-dealkylation sites (tertiary alicyclic amines) is 1. The SMILES string of the molecule is CC12CCC3(CC1C(C)(O)C(C)(C)C)C1Cc4ccc(OCNc5ccc(CO)cc5)c5c4C3(CCN1CC1CC1)C2O5. The van der Waals surface area contributed by atoms with E-state index in [1.165, 1.54) is 36.9 Å². The number of benzene rings is 2. The van der Waals surface area contributed by atoms with Crippen molar-refractivity contribution in [2.45, 2.75) is 109 Å². The van der Waals surface area contributed by atoms with E-state index in [2.05, 4.69) is 57.0 Å². The Morgan fingerprint density at radius 3 is 2.51 bits per heavy atom. The van der Waals surface area contributed by atoms with Crippen LogP contribution in [0.4, 0.5) is 5.69 Å². The van der Waals surface area contributed by atoms with Gasteiger partial charge in [-0.1, -0.05) is 45.9 Å². The molecule has 43 heavy (non-hydrogen) atoms. The summed E-state index contributed by atoms with van der Waals surface area (Å²) in [6.07, 6.45) is 8.43. The molecule has 2 aliphatic heterocycles. The topological polar surface area (TPSA) is 74.2 Å². The van der Waals surface area contributed by atoms with Gasteiger partial charge in [0.05, 0.1) is 12.2 Å². The van der Waals surface area contributed by atoms with Gasteiger partial charge in [0.15, 0.2) is 18.2 Å². The van der Waals surface area contributed by atoms with E-state index in [4.69, 9.17) is 9.47 Å². The van der Waals surface area contributed by atoms with E-state index in [0.717, 1.165) is 60.9 Å². The first-order valence-corrected chi connectivity index (χ1v) is 16.8. The molecule has 7 atom stereocenters. The van der Waals surface area contributed by atoms with Crippen molar-refractivity contribution in [3.05, 3.63) is 53.1 Å². The third kappa shape index (κ3) is 3.69. The van der Waals surface area contributed by atoms with Crippen LogP contribution in [0.15, 0.2) is 36.4 Å². The number of nitrogens with zero attached hydrogens (tertiary/aromatic N) is 1. The molecule has 2 spiro atoms. The summed E-state index contributed by atoms with van der Waals surface area (Å²) < 4.78 is 13.8. The van der Waals surface area contributed by atoms with Crippen LogP contribution in [0.25, 0.3) is 0 Å². The highest BCUT2D eigenvalue weighted by Gasteiger charge is 2.80. The number of anilines is 1. The predicted octanol–water partition coefficient (Wildman–Crippen LogP) is 6.27. The fourth-order valence-electron chi connectivity index (χ4n) is 10.7. The number of ether oxygens (including phenoxy) is 2. The molecule has 2 aromatic rings. The van der Waals surface area contributed by atoms with E-state index in [1.807, 2.05) is 24.3 Å². The highest BCUT2D eigenvalue weighted by Crippen LogP contribution is 2.79. The van der Waals surface area contributed by atoms with Crippen LogP contribution in [-0.2, 0) is 18.4 Å². The maximum absolute atomic E-state index is 12.4. The monoisotopic (exact) mass is 586 g/mol. The fraction of sp³-hybridized carbons (Fsp3) is 0.676. The van der Waals surface area contributed by atoms with Crippen molar-refractivity contribution >= 4 is 5.69 Å². The smallest absolute Gasteiger partial charge is 0.165 e. The van der Waals surface area contributed by atoms with Crippen LogP contribution in [0.3, 0.4) is 0 Å². The summed E-state index contributed by atoms with van der Waals surface area (Å²) in [5.41, 5.74) is 3.68. The van der Waals surface area contributed by atoms with Crippen LogP contribution in [-0.4, -0.2) is 52.7 Å². The molecule has 232 valence electrons. The Morgan fingerprint density at radius 1 is 1.05 bits per heavy atom. The number of aliphatic hydroxyl groups excluding tert-OH is 1. The molecule has 9 rings (SSSR count). The third-order valence-corrected chi connectivity index (χ3v) is 13.6. The molecule has 3 N–H and O–H groups in total. The van der Waals surface area contributed by atoms with E-state index in [-0.39, 0.29) is 40.3 Å². The zero-order valence-corrected chi connectivity index (χ0v) is 26.7. The number of piperidine rings is 1. The fourth-order valence-corrected chi connectivity index (χ4v) is 10.7. The molecular formula is C37H50N2O4. The van der Waals surface area contributed by atoms with Gasteiger partial charge in [-0.25, -0.2) is 0 Å². The van der Waals surface area contributed by atoms with Gasteiger partial charge in [0, 0.05) is 40.1 Å². The van der Waals surface area contributed by atoms with E-state index in [9.17, 15) is 10.2 Å². The molecular weight excluding hydrogens is 536 g/mol. The van der Waals surface area contributed by atoms with Gasteiger partial charge < -0.3 is 25.0 Å².